The molecule has 1 heterocycles. The van der Waals surface area contributed by atoms with Crippen LogP contribution >= 0.6 is 23.8 Å². The number of hydrogen-bond donors (Lipinski definition) is 1. The van der Waals surface area contributed by atoms with Crippen LogP contribution in [0.5, 0.6) is 0 Å². The van der Waals surface area contributed by atoms with E-state index >= 15 is 0 Å². The molecule has 3 nitrogen and oxygen atoms in total. The molecule has 0 unspecified atom stereocenters. The first-order valence-electron chi connectivity index (χ1n) is 7.18. The Kier molecular flexibility index (Phi) is 6.07. The second-order valence-corrected chi connectivity index (χ2v) is 5.94. The van der Waals surface area contributed by atoms with Crippen LogP contribution in [-0.4, -0.2) is 47.6 Å². The normalized spacial score (nSPS) is 16.2. The summed E-state index contributed by atoms with van der Waals surface area (Å²) in [7, 11) is 0. The molecule has 0 saturated carbocycles. The average Bonchev–Trinajstić information content (AvgIpc) is 2.48. The Bertz CT molecular complexity index is 427. The van der Waals surface area contributed by atoms with Gasteiger partial charge in [-0.05, 0) is 36.3 Å². The maximum absolute atomic E-state index is 5.91. The first kappa shape index (κ1) is 15.5. The van der Waals surface area contributed by atoms with Gasteiger partial charge in [0.1, 0.15) is 0 Å². The molecule has 0 aliphatic carbocycles. The summed E-state index contributed by atoms with van der Waals surface area (Å²) in [6.07, 6.45) is 1.11. The minimum absolute atomic E-state index is 0.797. The van der Waals surface area contributed by atoms with Gasteiger partial charge in [0.2, 0.25) is 0 Å². The van der Waals surface area contributed by atoms with E-state index < -0.39 is 0 Å². The molecule has 110 valence electrons. The second-order valence-electron chi connectivity index (χ2n) is 5.12. The number of thiocarbonyl (C=S) groups is 1. The Labute approximate surface area is 131 Å². The minimum atomic E-state index is 0.797. The van der Waals surface area contributed by atoms with Crippen LogP contribution in [0.15, 0.2) is 24.3 Å². The fourth-order valence-corrected chi connectivity index (χ4v) is 2.71. The zero-order valence-corrected chi connectivity index (χ0v) is 13.5. The summed E-state index contributed by atoms with van der Waals surface area (Å²) in [6, 6.07) is 8.11. The molecule has 0 bridgehead atoms. The van der Waals surface area contributed by atoms with Crippen molar-refractivity contribution < 1.29 is 0 Å². The van der Waals surface area contributed by atoms with E-state index in [1.807, 2.05) is 12.1 Å². The molecular formula is C15H22ClN3S. The molecule has 1 aliphatic heterocycles. The quantitative estimate of drug-likeness (QED) is 0.862. The van der Waals surface area contributed by atoms with Crippen molar-refractivity contribution in [2.45, 2.75) is 19.9 Å². The van der Waals surface area contributed by atoms with Gasteiger partial charge in [0.05, 0.1) is 0 Å². The molecule has 1 fully saturated rings. The fraction of sp³-hybridized carbons (Fsp3) is 0.533. The fourth-order valence-electron chi connectivity index (χ4n) is 2.30. The standard InChI is InChI=1S/C15H22ClN3S/c1-2-7-17-15(20)19-10-8-18(9-11-19)12-13-3-5-14(16)6-4-13/h3-6H,2,7-12H2,1H3,(H,17,20). The molecule has 0 radical (unpaired) electrons. The Balaban J connectivity index is 1.76. The lowest BCUT2D eigenvalue weighted by Crippen LogP contribution is -2.51. The van der Waals surface area contributed by atoms with E-state index in [2.05, 4.69) is 34.2 Å². The van der Waals surface area contributed by atoms with Crippen molar-refractivity contribution >= 4 is 28.9 Å². The van der Waals surface area contributed by atoms with Gasteiger partial charge in [-0.15, -0.1) is 0 Å². The van der Waals surface area contributed by atoms with Crippen LogP contribution in [0.3, 0.4) is 0 Å². The van der Waals surface area contributed by atoms with Gasteiger partial charge in [-0.2, -0.15) is 0 Å². The predicted octanol–water partition coefficient (Wildman–Crippen LogP) is 2.74. The zero-order valence-electron chi connectivity index (χ0n) is 11.9. The van der Waals surface area contributed by atoms with Crippen LogP contribution < -0.4 is 5.32 Å². The third kappa shape index (κ3) is 4.62. The summed E-state index contributed by atoms with van der Waals surface area (Å²) in [4.78, 5) is 4.73. The van der Waals surface area contributed by atoms with E-state index in [-0.39, 0.29) is 0 Å². The SMILES string of the molecule is CCCNC(=S)N1CCN(Cc2ccc(Cl)cc2)CC1. The largest absolute Gasteiger partial charge is 0.363 e. The summed E-state index contributed by atoms with van der Waals surface area (Å²) >= 11 is 11.3. The number of rotatable bonds is 4. The molecule has 1 saturated heterocycles. The number of nitrogens with zero attached hydrogens (tertiary/aromatic N) is 2. The Morgan fingerprint density at radius 3 is 2.45 bits per heavy atom. The smallest absolute Gasteiger partial charge is 0.169 e. The van der Waals surface area contributed by atoms with Crippen molar-refractivity contribution in [3.05, 3.63) is 34.9 Å². The van der Waals surface area contributed by atoms with E-state index in [4.69, 9.17) is 23.8 Å². The molecule has 2 rings (SSSR count). The van der Waals surface area contributed by atoms with Crippen molar-refractivity contribution in [1.82, 2.24) is 15.1 Å². The lowest BCUT2D eigenvalue weighted by Gasteiger charge is -2.36. The summed E-state index contributed by atoms with van der Waals surface area (Å²) in [6.45, 7) is 8.21. The van der Waals surface area contributed by atoms with Gasteiger partial charge in [0.15, 0.2) is 5.11 Å². The van der Waals surface area contributed by atoms with Crippen LogP contribution in [0.1, 0.15) is 18.9 Å². The molecule has 0 aromatic heterocycles. The molecular weight excluding hydrogens is 290 g/mol. The summed E-state index contributed by atoms with van der Waals surface area (Å²) in [5.41, 5.74) is 1.31. The third-order valence-corrected chi connectivity index (χ3v) is 4.16. The topological polar surface area (TPSA) is 18.5 Å². The first-order chi connectivity index (χ1) is 9.69. The Morgan fingerprint density at radius 1 is 1.20 bits per heavy atom. The van der Waals surface area contributed by atoms with Crippen molar-refractivity contribution in [2.75, 3.05) is 32.7 Å². The molecule has 5 heteroatoms. The van der Waals surface area contributed by atoms with E-state index in [0.717, 1.165) is 55.8 Å². The molecule has 1 N–H and O–H groups in total. The highest BCUT2D eigenvalue weighted by Gasteiger charge is 2.18. The molecule has 1 aromatic rings. The van der Waals surface area contributed by atoms with Gasteiger partial charge in [-0.25, -0.2) is 0 Å². The average molecular weight is 312 g/mol. The highest BCUT2D eigenvalue weighted by molar-refractivity contribution is 7.80. The van der Waals surface area contributed by atoms with Gasteiger partial charge < -0.3 is 10.2 Å². The van der Waals surface area contributed by atoms with Crippen LogP contribution in [0, 0.1) is 0 Å². The Morgan fingerprint density at radius 2 is 1.85 bits per heavy atom. The highest BCUT2D eigenvalue weighted by Crippen LogP contribution is 2.13. The maximum atomic E-state index is 5.91. The van der Waals surface area contributed by atoms with Crippen molar-refractivity contribution in [3.8, 4) is 0 Å². The monoisotopic (exact) mass is 311 g/mol. The number of nitrogens with one attached hydrogen (secondary N) is 1. The summed E-state index contributed by atoms with van der Waals surface area (Å²) in [5, 5.41) is 5.00. The highest BCUT2D eigenvalue weighted by atomic mass is 35.5. The lowest BCUT2D eigenvalue weighted by atomic mass is 10.2. The van der Waals surface area contributed by atoms with Crippen LogP contribution in [0.4, 0.5) is 0 Å². The van der Waals surface area contributed by atoms with Gasteiger partial charge in [0.25, 0.3) is 0 Å². The van der Waals surface area contributed by atoms with Crippen molar-refractivity contribution in [2.24, 2.45) is 0 Å². The van der Waals surface area contributed by atoms with Gasteiger partial charge in [-0.1, -0.05) is 30.7 Å². The lowest BCUT2D eigenvalue weighted by molar-refractivity contribution is 0.174. The van der Waals surface area contributed by atoms with Crippen molar-refractivity contribution in [1.29, 1.82) is 0 Å². The van der Waals surface area contributed by atoms with E-state index in [0.29, 0.717) is 0 Å². The summed E-state index contributed by atoms with van der Waals surface area (Å²) in [5.74, 6) is 0. The predicted molar refractivity (Wildman–Crippen MR) is 89.2 cm³/mol. The number of hydrogen-bond acceptors (Lipinski definition) is 2. The second kappa shape index (κ2) is 7.81. The summed E-state index contributed by atoms with van der Waals surface area (Å²) < 4.78 is 0. The molecule has 0 amide bonds. The first-order valence-corrected chi connectivity index (χ1v) is 7.97. The van der Waals surface area contributed by atoms with E-state index in [9.17, 15) is 0 Å². The van der Waals surface area contributed by atoms with Gasteiger partial charge in [0, 0.05) is 44.3 Å². The third-order valence-electron chi connectivity index (χ3n) is 3.51. The molecule has 0 atom stereocenters. The van der Waals surface area contributed by atoms with E-state index in [1.165, 1.54) is 5.56 Å². The number of halogens is 1. The van der Waals surface area contributed by atoms with Crippen LogP contribution in [0.25, 0.3) is 0 Å². The van der Waals surface area contributed by atoms with Crippen LogP contribution in [-0.2, 0) is 6.54 Å². The Hall–Kier alpha value is -0.840. The molecule has 0 spiro atoms. The zero-order chi connectivity index (χ0) is 14.4. The van der Waals surface area contributed by atoms with Gasteiger partial charge in [-0.3, -0.25) is 4.90 Å². The number of benzene rings is 1. The minimum Gasteiger partial charge on any atom is -0.363 e. The van der Waals surface area contributed by atoms with Crippen LogP contribution in [0.2, 0.25) is 5.02 Å². The molecule has 20 heavy (non-hydrogen) atoms. The maximum Gasteiger partial charge on any atom is 0.169 e. The number of piperazine rings is 1. The van der Waals surface area contributed by atoms with Gasteiger partial charge >= 0.3 is 0 Å². The van der Waals surface area contributed by atoms with E-state index in [1.54, 1.807) is 0 Å². The van der Waals surface area contributed by atoms with Crippen molar-refractivity contribution in [3.63, 3.8) is 0 Å². The molecule has 1 aromatic carbocycles. The molecule has 1 aliphatic rings.